The van der Waals surface area contributed by atoms with Gasteiger partial charge in [0.2, 0.25) is 0 Å². The zero-order chi connectivity index (χ0) is 16.4. The van der Waals surface area contributed by atoms with E-state index in [1.807, 2.05) is 0 Å². The molecule has 2 aliphatic carbocycles. The van der Waals surface area contributed by atoms with Crippen LogP contribution in [-0.2, 0) is 19.1 Å². The van der Waals surface area contributed by atoms with Crippen LogP contribution in [-0.4, -0.2) is 43.4 Å². The maximum atomic E-state index is 14.4. The monoisotopic (exact) mass is 316 g/mol. The fourth-order valence-corrected chi connectivity index (χ4v) is 2.38. The Morgan fingerprint density at radius 1 is 0.810 bits per heavy atom. The molecule has 0 N–H and O–H groups in total. The van der Waals surface area contributed by atoms with Crippen LogP contribution in [0.4, 0.5) is 26.3 Å². The number of alkyl halides is 4. The lowest BCUT2D eigenvalue weighted by Crippen LogP contribution is -2.50. The number of carbonyl (C=O) groups excluding carboxylic acids is 2. The average molecular weight is 316 g/mol. The Morgan fingerprint density at radius 3 is 1.33 bits per heavy atom. The van der Waals surface area contributed by atoms with Crippen LogP contribution < -0.4 is 0 Å². The van der Waals surface area contributed by atoms with Gasteiger partial charge in [0.05, 0.1) is 14.2 Å². The van der Waals surface area contributed by atoms with Crippen LogP contribution >= 0.6 is 0 Å². The predicted octanol–water partition coefficient (Wildman–Crippen LogP) is 1.86. The molecular formula is C11H6F6O4. The van der Waals surface area contributed by atoms with Crippen molar-refractivity contribution in [1.82, 2.24) is 0 Å². The molecule has 0 fully saturated rings. The van der Waals surface area contributed by atoms with E-state index in [0.717, 1.165) is 0 Å². The number of halogens is 6. The van der Waals surface area contributed by atoms with Gasteiger partial charge < -0.3 is 9.47 Å². The molecule has 0 saturated heterocycles. The molecular weight excluding hydrogens is 310 g/mol. The molecule has 0 aliphatic heterocycles. The molecule has 116 valence electrons. The molecule has 0 heterocycles. The minimum absolute atomic E-state index is 0.598. The van der Waals surface area contributed by atoms with E-state index in [4.69, 9.17) is 0 Å². The van der Waals surface area contributed by atoms with E-state index in [0.29, 0.717) is 14.2 Å². The number of hydrogen-bond donors (Lipinski definition) is 0. The van der Waals surface area contributed by atoms with Gasteiger partial charge in [-0.05, 0) is 0 Å². The second kappa shape index (κ2) is 4.01. The summed E-state index contributed by atoms with van der Waals surface area (Å²) < 4.78 is 91.2. The quantitative estimate of drug-likeness (QED) is 0.576. The molecule has 21 heavy (non-hydrogen) atoms. The summed E-state index contributed by atoms with van der Waals surface area (Å²) in [5, 5.41) is 0. The van der Waals surface area contributed by atoms with Crippen molar-refractivity contribution in [3.63, 3.8) is 0 Å². The second-order valence-electron chi connectivity index (χ2n) is 4.25. The SMILES string of the molecule is COC(=O)C1=C(C(=O)OC)C2(F)C(F)=C(F)C1(F)C2(F)F. The first-order valence-electron chi connectivity index (χ1n) is 5.27. The summed E-state index contributed by atoms with van der Waals surface area (Å²) in [6.45, 7) is 0. The summed E-state index contributed by atoms with van der Waals surface area (Å²) in [6, 6.07) is 0. The van der Waals surface area contributed by atoms with Crippen molar-refractivity contribution < 1.29 is 45.4 Å². The number of rotatable bonds is 2. The molecule has 0 radical (unpaired) electrons. The van der Waals surface area contributed by atoms with Crippen molar-refractivity contribution in [2.75, 3.05) is 14.2 Å². The molecule has 4 nitrogen and oxygen atoms in total. The average Bonchev–Trinajstić information content (AvgIpc) is 2.65. The Kier molecular flexibility index (Phi) is 2.94. The van der Waals surface area contributed by atoms with Gasteiger partial charge in [-0.25, -0.2) is 27.2 Å². The lowest BCUT2D eigenvalue weighted by molar-refractivity contribution is -0.159. The van der Waals surface area contributed by atoms with E-state index in [-0.39, 0.29) is 0 Å². The Labute approximate surface area is 113 Å². The van der Waals surface area contributed by atoms with Gasteiger partial charge in [-0.2, -0.15) is 8.78 Å². The van der Waals surface area contributed by atoms with Gasteiger partial charge in [0, 0.05) is 0 Å². The highest BCUT2D eigenvalue weighted by molar-refractivity contribution is 6.08. The van der Waals surface area contributed by atoms with Gasteiger partial charge in [-0.1, -0.05) is 0 Å². The predicted molar refractivity (Wildman–Crippen MR) is 52.9 cm³/mol. The third-order valence-corrected chi connectivity index (χ3v) is 3.38. The Hall–Kier alpha value is -2.00. The number of carbonyl (C=O) groups is 2. The number of methoxy groups -OCH3 is 2. The summed E-state index contributed by atoms with van der Waals surface area (Å²) in [4.78, 5) is 22.8. The summed E-state index contributed by atoms with van der Waals surface area (Å²) in [5.41, 5.74) is -13.5. The molecule has 0 aromatic heterocycles. The van der Waals surface area contributed by atoms with Gasteiger partial charge in [0.25, 0.3) is 11.3 Å². The number of esters is 2. The third-order valence-electron chi connectivity index (χ3n) is 3.38. The molecule has 2 aliphatic rings. The smallest absolute Gasteiger partial charge is 0.338 e. The summed E-state index contributed by atoms with van der Waals surface area (Å²) in [6.07, 6.45) is 0. The number of ether oxygens (including phenoxy) is 2. The molecule has 0 amide bonds. The van der Waals surface area contributed by atoms with E-state index in [9.17, 15) is 35.9 Å². The highest BCUT2D eigenvalue weighted by atomic mass is 19.3. The highest BCUT2D eigenvalue weighted by Crippen LogP contribution is 2.69. The van der Waals surface area contributed by atoms with Gasteiger partial charge >= 0.3 is 17.9 Å². The van der Waals surface area contributed by atoms with Crippen molar-refractivity contribution in [3.8, 4) is 0 Å². The summed E-state index contributed by atoms with van der Waals surface area (Å²) in [7, 11) is 1.20. The van der Waals surface area contributed by atoms with Crippen LogP contribution in [0, 0.1) is 0 Å². The zero-order valence-corrected chi connectivity index (χ0v) is 10.4. The van der Waals surface area contributed by atoms with Crippen molar-refractivity contribution in [2.45, 2.75) is 17.3 Å². The van der Waals surface area contributed by atoms with Crippen molar-refractivity contribution >= 4 is 11.9 Å². The molecule has 0 aromatic rings. The first-order valence-corrected chi connectivity index (χ1v) is 5.27. The van der Waals surface area contributed by atoms with E-state index in [1.54, 1.807) is 0 Å². The highest BCUT2D eigenvalue weighted by Gasteiger charge is 2.89. The van der Waals surface area contributed by atoms with Crippen molar-refractivity contribution in [3.05, 3.63) is 22.8 Å². The van der Waals surface area contributed by atoms with Crippen LogP contribution in [0.1, 0.15) is 0 Å². The fourth-order valence-electron chi connectivity index (χ4n) is 2.38. The molecule has 2 unspecified atom stereocenters. The Bertz CT molecular complexity index is 574. The largest absolute Gasteiger partial charge is 0.466 e. The van der Waals surface area contributed by atoms with E-state index in [2.05, 4.69) is 9.47 Å². The van der Waals surface area contributed by atoms with Crippen LogP contribution in [0.25, 0.3) is 0 Å². The normalized spacial score (nSPS) is 33.5. The molecule has 0 saturated carbocycles. The van der Waals surface area contributed by atoms with Crippen LogP contribution in [0.2, 0.25) is 0 Å². The molecule has 0 aromatic carbocycles. The van der Waals surface area contributed by atoms with E-state index >= 15 is 0 Å². The lowest BCUT2D eigenvalue weighted by Gasteiger charge is -2.25. The van der Waals surface area contributed by atoms with Crippen molar-refractivity contribution in [1.29, 1.82) is 0 Å². The van der Waals surface area contributed by atoms with Crippen molar-refractivity contribution in [2.24, 2.45) is 0 Å². The minimum Gasteiger partial charge on any atom is -0.466 e. The zero-order valence-electron chi connectivity index (χ0n) is 10.4. The maximum absolute atomic E-state index is 14.4. The number of fused-ring (bicyclic) bond motifs is 2. The number of allylic oxidation sites excluding steroid dienone is 2. The topological polar surface area (TPSA) is 52.6 Å². The van der Waals surface area contributed by atoms with E-state index in [1.165, 1.54) is 0 Å². The molecule has 2 atom stereocenters. The number of hydrogen-bond acceptors (Lipinski definition) is 4. The second-order valence-corrected chi connectivity index (χ2v) is 4.25. The fraction of sp³-hybridized carbons (Fsp3) is 0.455. The molecule has 10 heteroatoms. The first kappa shape index (κ1) is 15.4. The van der Waals surface area contributed by atoms with Crippen LogP contribution in [0.3, 0.4) is 0 Å². The van der Waals surface area contributed by atoms with Crippen LogP contribution in [0.5, 0.6) is 0 Å². The first-order chi connectivity index (χ1) is 9.53. The Morgan fingerprint density at radius 2 is 1.10 bits per heavy atom. The Balaban J connectivity index is 2.90. The molecule has 2 bridgehead atoms. The standard InChI is InChI=1S/C11H6F6O4/c1-20-7(18)3-4(8(19)21-2)10(15)6(13)5(12)9(3,14)11(10,16)17/h1-2H3. The third kappa shape index (κ3) is 1.28. The van der Waals surface area contributed by atoms with Crippen LogP contribution in [0.15, 0.2) is 22.8 Å². The lowest BCUT2D eigenvalue weighted by atomic mass is 9.92. The molecule has 0 spiro atoms. The summed E-state index contributed by atoms with van der Waals surface area (Å²) >= 11 is 0. The molecule has 2 rings (SSSR count). The van der Waals surface area contributed by atoms with E-state index < -0.39 is 52.0 Å². The van der Waals surface area contributed by atoms with Gasteiger partial charge in [-0.15, -0.1) is 0 Å². The van der Waals surface area contributed by atoms with Gasteiger partial charge in [0.1, 0.15) is 11.1 Å². The summed E-state index contributed by atoms with van der Waals surface area (Å²) in [5.74, 6) is -14.9. The maximum Gasteiger partial charge on any atom is 0.338 e. The minimum atomic E-state index is -5.39. The van der Waals surface area contributed by atoms with Gasteiger partial charge in [-0.3, -0.25) is 0 Å². The van der Waals surface area contributed by atoms with Gasteiger partial charge in [0.15, 0.2) is 11.7 Å².